The van der Waals surface area contributed by atoms with Crippen LogP contribution in [0.2, 0.25) is 5.02 Å². The van der Waals surface area contributed by atoms with Gasteiger partial charge in [-0.15, -0.1) is 0 Å². The van der Waals surface area contributed by atoms with Gasteiger partial charge in [-0.2, -0.15) is 0 Å². The van der Waals surface area contributed by atoms with Gasteiger partial charge in [0.2, 0.25) is 5.91 Å². The number of carbonyl (C=O) groups is 1. The Labute approximate surface area is 218 Å². The summed E-state index contributed by atoms with van der Waals surface area (Å²) in [6, 6.07) is 15.2. The van der Waals surface area contributed by atoms with Crippen LogP contribution in [-0.4, -0.2) is 44.4 Å². The first kappa shape index (κ1) is 24.5. The maximum Gasteiger partial charge on any atom is 0.246 e. The Morgan fingerprint density at radius 2 is 2.05 bits per heavy atom. The Hall–Kier alpha value is -4.24. The zero-order valence-corrected chi connectivity index (χ0v) is 20.8. The summed E-state index contributed by atoms with van der Waals surface area (Å²) in [6.07, 6.45) is 2.78. The Bertz CT molecular complexity index is 1490. The first-order valence-electron chi connectivity index (χ1n) is 11.6. The van der Waals surface area contributed by atoms with Crippen molar-refractivity contribution in [3.05, 3.63) is 90.0 Å². The van der Waals surface area contributed by atoms with Crippen LogP contribution in [0.5, 0.6) is 5.75 Å². The molecule has 1 aliphatic rings. The smallest absolute Gasteiger partial charge is 0.246 e. The molecule has 1 amide bonds. The normalized spacial score (nSPS) is 14.1. The molecule has 2 aromatic heterocycles. The monoisotopic (exact) mass is 518 g/mol. The Balaban J connectivity index is 1.30. The molecule has 2 aromatic carbocycles. The third kappa shape index (κ3) is 5.46. The molecule has 3 heterocycles. The van der Waals surface area contributed by atoms with Crippen molar-refractivity contribution in [1.82, 2.24) is 19.9 Å². The SMILES string of the molecule is C=CC(=O)N1CC(C)(Nc2ccc3ncnc(Nc4ccc(OCc5cccc(F)c5)c(Cl)c4)c3n2)C1. The van der Waals surface area contributed by atoms with Crippen molar-refractivity contribution in [2.24, 2.45) is 0 Å². The summed E-state index contributed by atoms with van der Waals surface area (Å²) in [4.78, 5) is 26.9. The highest BCUT2D eigenvalue weighted by Gasteiger charge is 2.40. The molecule has 0 radical (unpaired) electrons. The minimum Gasteiger partial charge on any atom is -0.487 e. The van der Waals surface area contributed by atoms with E-state index in [0.717, 1.165) is 0 Å². The van der Waals surface area contributed by atoms with Crippen LogP contribution < -0.4 is 15.4 Å². The number of carbonyl (C=O) groups excluding carboxylic acids is 1. The highest BCUT2D eigenvalue weighted by Crippen LogP contribution is 2.31. The lowest BCUT2D eigenvalue weighted by atomic mass is 9.92. The topological polar surface area (TPSA) is 92.3 Å². The highest BCUT2D eigenvalue weighted by molar-refractivity contribution is 6.32. The zero-order chi connectivity index (χ0) is 26.0. The van der Waals surface area contributed by atoms with E-state index in [0.29, 0.717) is 57.8 Å². The number of halogens is 2. The fourth-order valence-corrected chi connectivity index (χ4v) is 4.43. The van der Waals surface area contributed by atoms with Crippen molar-refractivity contribution in [2.75, 3.05) is 23.7 Å². The summed E-state index contributed by atoms with van der Waals surface area (Å²) in [5.41, 5.74) is 2.35. The van der Waals surface area contributed by atoms with E-state index in [4.69, 9.17) is 21.3 Å². The number of nitrogens with one attached hydrogen (secondary N) is 2. The van der Waals surface area contributed by atoms with E-state index in [-0.39, 0.29) is 23.9 Å². The molecule has 0 aliphatic carbocycles. The molecule has 1 fully saturated rings. The lowest BCUT2D eigenvalue weighted by Gasteiger charge is -2.48. The summed E-state index contributed by atoms with van der Waals surface area (Å²) in [5, 5.41) is 7.05. The summed E-state index contributed by atoms with van der Waals surface area (Å²) in [7, 11) is 0. The number of amides is 1. The van der Waals surface area contributed by atoms with Gasteiger partial charge < -0.3 is 20.3 Å². The number of benzene rings is 2. The van der Waals surface area contributed by atoms with Crippen molar-refractivity contribution in [2.45, 2.75) is 19.1 Å². The van der Waals surface area contributed by atoms with Crippen LogP contribution in [0.4, 0.5) is 21.7 Å². The number of pyridine rings is 1. The molecule has 5 rings (SSSR count). The van der Waals surface area contributed by atoms with Crippen LogP contribution in [-0.2, 0) is 11.4 Å². The number of fused-ring (bicyclic) bond motifs is 1. The molecule has 0 spiro atoms. The number of likely N-dealkylation sites (tertiary alicyclic amines) is 1. The molecular formula is C27H24ClFN6O2. The van der Waals surface area contributed by atoms with Crippen LogP contribution in [0.25, 0.3) is 11.0 Å². The minimum absolute atomic E-state index is 0.0883. The fraction of sp³-hybridized carbons (Fsp3) is 0.185. The van der Waals surface area contributed by atoms with E-state index < -0.39 is 0 Å². The van der Waals surface area contributed by atoms with Crippen LogP contribution in [0.15, 0.2) is 73.6 Å². The van der Waals surface area contributed by atoms with Gasteiger partial charge in [0.05, 0.1) is 16.1 Å². The van der Waals surface area contributed by atoms with Gasteiger partial charge in [0, 0.05) is 18.8 Å². The molecule has 0 bridgehead atoms. The maximum absolute atomic E-state index is 13.4. The number of rotatable bonds is 8. The van der Waals surface area contributed by atoms with E-state index in [9.17, 15) is 9.18 Å². The van der Waals surface area contributed by atoms with E-state index in [1.54, 1.807) is 29.2 Å². The Morgan fingerprint density at radius 1 is 1.22 bits per heavy atom. The molecule has 10 heteroatoms. The first-order chi connectivity index (χ1) is 17.8. The molecule has 0 atom stereocenters. The van der Waals surface area contributed by atoms with Gasteiger partial charge in [0.15, 0.2) is 5.82 Å². The van der Waals surface area contributed by atoms with Gasteiger partial charge in [0.1, 0.15) is 35.8 Å². The molecule has 188 valence electrons. The minimum atomic E-state index is -0.317. The van der Waals surface area contributed by atoms with Crippen molar-refractivity contribution < 1.29 is 13.9 Å². The predicted octanol–water partition coefficient (Wildman–Crippen LogP) is 5.34. The average molecular weight is 519 g/mol. The standard InChI is InChI=1S/C27H24ClFN6O2/c1-3-24(36)35-14-27(2,15-35)34-23-10-8-21-25(33-23)26(31-16-30-21)32-19-7-9-22(20(28)12-19)37-13-17-5-4-6-18(29)11-17/h3-12,16H,1,13-15H2,2H3,(H,33,34)(H,30,31,32). The number of nitrogens with zero attached hydrogens (tertiary/aromatic N) is 4. The summed E-state index contributed by atoms with van der Waals surface area (Å²) >= 11 is 6.44. The van der Waals surface area contributed by atoms with E-state index in [1.165, 1.54) is 24.5 Å². The first-order valence-corrected chi connectivity index (χ1v) is 11.9. The third-order valence-electron chi connectivity index (χ3n) is 5.96. The average Bonchev–Trinajstić information content (AvgIpc) is 2.86. The number of ether oxygens (including phenoxy) is 1. The Morgan fingerprint density at radius 3 is 2.81 bits per heavy atom. The molecule has 2 N–H and O–H groups in total. The van der Waals surface area contributed by atoms with Crippen molar-refractivity contribution in [3.8, 4) is 5.75 Å². The second-order valence-corrected chi connectivity index (χ2v) is 9.47. The largest absolute Gasteiger partial charge is 0.487 e. The maximum atomic E-state index is 13.4. The molecule has 0 saturated carbocycles. The van der Waals surface area contributed by atoms with Gasteiger partial charge in [0.25, 0.3) is 0 Å². The third-order valence-corrected chi connectivity index (χ3v) is 6.25. The second-order valence-electron chi connectivity index (χ2n) is 9.06. The summed E-state index contributed by atoms with van der Waals surface area (Å²) in [5.74, 6) is 1.24. The quantitative estimate of drug-likeness (QED) is 0.304. The van der Waals surface area contributed by atoms with Crippen molar-refractivity contribution in [1.29, 1.82) is 0 Å². The Kier molecular flexibility index (Phi) is 6.62. The fourth-order valence-electron chi connectivity index (χ4n) is 4.19. The van der Waals surface area contributed by atoms with E-state index in [1.807, 2.05) is 25.1 Å². The van der Waals surface area contributed by atoms with Crippen LogP contribution in [0, 0.1) is 5.82 Å². The summed E-state index contributed by atoms with van der Waals surface area (Å²) < 4.78 is 19.2. The molecule has 4 aromatic rings. The van der Waals surface area contributed by atoms with Crippen molar-refractivity contribution in [3.63, 3.8) is 0 Å². The highest BCUT2D eigenvalue weighted by atomic mass is 35.5. The van der Waals surface area contributed by atoms with Gasteiger partial charge in [-0.3, -0.25) is 4.79 Å². The number of anilines is 3. The number of aromatic nitrogens is 3. The lowest BCUT2D eigenvalue weighted by molar-refractivity contribution is -0.132. The molecule has 1 saturated heterocycles. The molecular weight excluding hydrogens is 495 g/mol. The van der Waals surface area contributed by atoms with Gasteiger partial charge in [-0.25, -0.2) is 19.3 Å². The number of hydrogen-bond donors (Lipinski definition) is 2. The van der Waals surface area contributed by atoms with Gasteiger partial charge >= 0.3 is 0 Å². The molecule has 1 aliphatic heterocycles. The van der Waals surface area contributed by atoms with Crippen molar-refractivity contribution >= 4 is 45.9 Å². The second kappa shape index (κ2) is 10.0. The zero-order valence-electron chi connectivity index (χ0n) is 20.0. The predicted molar refractivity (Wildman–Crippen MR) is 142 cm³/mol. The van der Waals surface area contributed by atoms with E-state index >= 15 is 0 Å². The number of hydrogen-bond acceptors (Lipinski definition) is 7. The lowest BCUT2D eigenvalue weighted by Crippen LogP contribution is -2.65. The summed E-state index contributed by atoms with van der Waals surface area (Å²) in [6.45, 7) is 6.87. The molecule has 37 heavy (non-hydrogen) atoms. The molecule has 8 nitrogen and oxygen atoms in total. The van der Waals surface area contributed by atoms with Crippen LogP contribution >= 0.6 is 11.6 Å². The van der Waals surface area contributed by atoms with Gasteiger partial charge in [-0.05, 0) is 61.0 Å². The van der Waals surface area contributed by atoms with E-state index in [2.05, 4.69) is 27.2 Å². The molecule has 0 unspecified atom stereocenters. The van der Waals surface area contributed by atoms with Crippen LogP contribution in [0.3, 0.4) is 0 Å². The van der Waals surface area contributed by atoms with Crippen LogP contribution in [0.1, 0.15) is 12.5 Å². The van der Waals surface area contributed by atoms with Gasteiger partial charge in [-0.1, -0.05) is 30.3 Å².